The predicted octanol–water partition coefficient (Wildman–Crippen LogP) is 3.77. The largest absolute Gasteiger partial charge is 0.338 e. The van der Waals surface area contributed by atoms with Crippen molar-refractivity contribution in [3.63, 3.8) is 0 Å². The van der Waals surface area contributed by atoms with E-state index in [1.54, 1.807) is 25.3 Å². The molecule has 2 heterocycles. The monoisotopic (exact) mass is 318 g/mol. The third-order valence-electron chi connectivity index (χ3n) is 3.28. The van der Waals surface area contributed by atoms with E-state index < -0.39 is 0 Å². The molecule has 22 heavy (non-hydrogen) atoms. The van der Waals surface area contributed by atoms with Crippen LogP contribution in [0.1, 0.15) is 23.6 Å². The molecular formula is C15H15FN4OS. The molecule has 0 amide bonds. The number of hydrogen-bond donors (Lipinski definition) is 0. The Bertz CT molecular complexity index is 798. The first-order valence-electron chi connectivity index (χ1n) is 6.78. The van der Waals surface area contributed by atoms with Crippen molar-refractivity contribution in [2.45, 2.75) is 24.3 Å². The van der Waals surface area contributed by atoms with Gasteiger partial charge in [-0.25, -0.2) is 9.37 Å². The highest BCUT2D eigenvalue weighted by Gasteiger charge is 2.18. The van der Waals surface area contributed by atoms with Crippen LogP contribution >= 0.6 is 11.8 Å². The summed E-state index contributed by atoms with van der Waals surface area (Å²) in [7, 11) is 1.93. The zero-order chi connectivity index (χ0) is 15.7. The number of nitrogens with zero attached hydrogens (tertiary/aromatic N) is 4. The fraction of sp³-hybridized carbons (Fsp3) is 0.267. The highest BCUT2D eigenvalue weighted by molar-refractivity contribution is 7.99. The summed E-state index contributed by atoms with van der Waals surface area (Å²) in [5.74, 6) is 0.601. The Morgan fingerprint density at radius 3 is 2.86 bits per heavy atom. The molecule has 1 atom stereocenters. The minimum atomic E-state index is -0.278. The lowest BCUT2D eigenvalue weighted by Crippen LogP contribution is -1.94. The van der Waals surface area contributed by atoms with Crippen LogP contribution in [0.25, 0.3) is 11.4 Å². The molecule has 0 radical (unpaired) electrons. The maximum Gasteiger partial charge on any atom is 0.240 e. The minimum absolute atomic E-state index is 0.0438. The highest BCUT2D eigenvalue weighted by Crippen LogP contribution is 2.33. The average Bonchev–Trinajstić information content (AvgIpc) is 3.12. The van der Waals surface area contributed by atoms with Crippen LogP contribution in [0, 0.1) is 12.7 Å². The van der Waals surface area contributed by atoms with Crippen molar-refractivity contribution < 1.29 is 8.91 Å². The SMILES string of the molecule is Cc1ccc(-c2noc(C(C)Sc3nccn3C)n2)cc1F. The summed E-state index contributed by atoms with van der Waals surface area (Å²) in [6.07, 6.45) is 3.62. The Hall–Kier alpha value is -2.15. The van der Waals surface area contributed by atoms with E-state index >= 15 is 0 Å². The lowest BCUT2D eigenvalue weighted by atomic mass is 10.1. The Labute approximate surface area is 131 Å². The summed E-state index contributed by atoms with van der Waals surface area (Å²) in [6.45, 7) is 3.68. The molecule has 0 N–H and O–H groups in total. The third-order valence-corrected chi connectivity index (χ3v) is 4.44. The molecule has 114 valence electrons. The van der Waals surface area contributed by atoms with Crippen molar-refractivity contribution in [3.8, 4) is 11.4 Å². The first-order chi connectivity index (χ1) is 10.5. The lowest BCUT2D eigenvalue weighted by molar-refractivity contribution is 0.380. The van der Waals surface area contributed by atoms with E-state index in [0.717, 1.165) is 5.16 Å². The van der Waals surface area contributed by atoms with Crippen LogP contribution in [0.5, 0.6) is 0 Å². The summed E-state index contributed by atoms with van der Waals surface area (Å²) in [4.78, 5) is 8.61. The predicted molar refractivity (Wildman–Crippen MR) is 81.9 cm³/mol. The van der Waals surface area contributed by atoms with Crippen LogP contribution in [0.4, 0.5) is 4.39 Å². The van der Waals surface area contributed by atoms with E-state index in [2.05, 4.69) is 15.1 Å². The quantitative estimate of drug-likeness (QED) is 0.685. The van der Waals surface area contributed by atoms with Crippen LogP contribution in [0.15, 0.2) is 40.3 Å². The van der Waals surface area contributed by atoms with Crippen LogP contribution in [0.2, 0.25) is 0 Å². The van der Waals surface area contributed by atoms with Crippen LogP contribution in [-0.2, 0) is 7.05 Å². The summed E-state index contributed by atoms with van der Waals surface area (Å²) < 4.78 is 20.8. The Kier molecular flexibility index (Phi) is 3.98. The van der Waals surface area contributed by atoms with Gasteiger partial charge in [-0.3, -0.25) is 0 Å². The second-order valence-electron chi connectivity index (χ2n) is 5.00. The van der Waals surface area contributed by atoms with Gasteiger partial charge in [0, 0.05) is 25.0 Å². The Morgan fingerprint density at radius 1 is 1.36 bits per heavy atom. The van der Waals surface area contributed by atoms with E-state index in [0.29, 0.717) is 22.8 Å². The molecule has 2 aromatic heterocycles. The maximum absolute atomic E-state index is 13.6. The summed E-state index contributed by atoms with van der Waals surface area (Å²) >= 11 is 1.53. The standard InChI is InChI=1S/C15H15FN4OS/c1-9-4-5-11(8-12(9)16)13-18-14(21-19-13)10(2)22-15-17-6-7-20(15)3/h4-8,10H,1-3H3. The molecule has 0 spiro atoms. The number of rotatable bonds is 4. The van der Waals surface area contributed by atoms with Gasteiger partial charge < -0.3 is 9.09 Å². The molecule has 3 aromatic rings. The molecule has 5 nitrogen and oxygen atoms in total. The van der Waals surface area contributed by atoms with Gasteiger partial charge in [-0.05, 0) is 25.5 Å². The van der Waals surface area contributed by atoms with Gasteiger partial charge in [0.05, 0.1) is 5.25 Å². The van der Waals surface area contributed by atoms with E-state index in [9.17, 15) is 4.39 Å². The number of imidazole rings is 1. The van der Waals surface area contributed by atoms with E-state index in [4.69, 9.17) is 4.52 Å². The number of thioether (sulfide) groups is 1. The van der Waals surface area contributed by atoms with Gasteiger partial charge in [0.2, 0.25) is 11.7 Å². The zero-order valence-electron chi connectivity index (χ0n) is 12.4. The number of aryl methyl sites for hydroxylation is 2. The zero-order valence-corrected chi connectivity index (χ0v) is 13.3. The number of benzene rings is 1. The highest BCUT2D eigenvalue weighted by atomic mass is 32.2. The summed E-state index contributed by atoms with van der Waals surface area (Å²) in [5.41, 5.74) is 1.19. The van der Waals surface area contributed by atoms with E-state index in [1.165, 1.54) is 17.8 Å². The maximum atomic E-state index is 13.6. The Balaban J connectivity index is 1.81. The molecule has 3 rings (SSSR count). The van der Waals surface area contributed by atoms with Crippen molar-refractivity contribution in [2.75, 3.05) is 0 Å². The number of aromatic nitrogens is 4. The van der Waals surface area contributed by atoms with Crippen LogP contribution in [-0.4, -0.2) is 19.7 Å². The molecule has 0 aliphatic rings. The average molecular weight is 318 g/mol. The molecule has 0 fully saturated rings. The van der Waals surface area contributed by atoms with Crippen molar-refractivity contribution in [1.29, 1.82) is 0 Å². The molecule has 0 aliphatic carbocycles. The Morgan fingerprint density at radius 2 is 2.18 bits per heavy atom. The van der Waals surface area contributed by atoms with Gasteiger partial charge in [0.25, 0.3) is 0 Å². The third kappa shape index (κ3) is 2.89. The fourth-order valence-corrected chi connectivity index (χ4v) is 2.79. The summed E-state index contributed by atoms with van der Waals surface area (Å²) in [6, 6.07) is 4.90. The second kappa shape index (κ2) is 5.92. The minimum Gasteiger partial charge on any atom is -0.338 e. The van der Waals surface area contributed by atoms with E-state index in [1.807, 2.05) is 24.7 Å². The number of halogens is 1. The van der Waals surface area contributed by atoms with Crippen LogP contribution in [0.3, 0.4) is 0 Å². The fourth-order valence-electron chi connectivity index (χ4n) is 1.92. The first kappa shape index (κ1) is 14.8. The smallest absolute Gasteiger partial charge is 0.240 e. The molecule has 0 saturated carbocycles. The lowest BCUT2D eigenvalue weighted by Gasteiger charge is -2.05. The topological polar surface area (TPSA) is 56.7 Å². The second-order valence-corrected chi connectivity index (χ2v) is 6.31. The van der Waals surface area contributed by atoms with Gasteiger partial charge in [0.1, 0.15) is 5.82 Å². The molecule has 0 saturated heterocycles. The van der Waals surface area contributed by atoms with Gasteiger partial charge in [-0.1, -0.05) is 29.1 Å². The molecule has 0 bridgehead atoms. The molecule has 7 heteroatoms. The van der Waals surface area contributed by atoms with Gasteiger partial charge in [0.15, 0.2) is 5.16 Å². The normalized spacial score (nSPS) is 12.5. The molecule has 1 aromatic carbocycles. The van der Waals surface area contributed by atoms with Gasteiger partial charge >= 0.3 is 0 Å². The van der Waals surface area contributed by atoms with Crippen molar-refractivity contribution in [3.05, 3.63) is 47.9 Å². The number of hydrogen-bond acceptors (Lipinski definition) is 5. The van der Waals surface area contributed by atoms with Gasteiger partial charge in [-0.2, -0.15) is 4.98 Å². The van der Waals surface area contributed by atoms with Crippen LogP contribution < -0.4 is 0 Å². The van der Waals surface area contributed by atoms with Gasteiger partial charge in [-0.15, -0.1) is 0 Å². The van der Waals surface area contributed by atoms with E-state index in [-0.39, 0.29) is 11.1 Å². The molecule has 0 aliphatic heterocycles. The van der Waals surface area contributed by atoms with Crippen molar-refractivity contribution >= 4 is 11.8 Å². The summed E-state index contributed by atoms with van der Waals surface area (Å²) in [5, 5.41) is 4.76. The van der Waals surface area contributed by atoms with Crippen molar-refractivity contribution in [2.24, 2.45) is 7.05 Å². The molecule has 1 unspecified atom stereocenters. The van der Waals surface area contributed by atoms with Crippen molar-refractivity contribution in [1.82, 2.24) is 19.7 Å². The first-order valence-corrected chi connectivity index (χ1v) is 7.66. The molecular weight excluding hydrogens is 303 g/mol.